The number of nitro groups is 1. The van der Waals surface area contributed by atoms with Gasteiger partial charge in [0.25, 0.3) is 0 Å². The standard InChI is InChI=1S/C15H16FN3O2/c1-17-13-4-3-5-14(15(13)19(20)21)18(2)10-11-6-8-12(16)9-7-11/h3-9,17H,10H2,1-2H3. The molecular weight excluding hydrogens is 273 g/mol. The van der Waals surface area contributed by atoms with E-state index in [4.69, 9.17) is 0 Å². The van der Waals surface area contributed by atoms with Crippen molar-refractivity contribution in [3.8, 4) is 0 Å². The van der Waals surface area contributed by atoms with Gasteiger partial charge in [0.1, 0.15) is 17.2 Å². The van der Waals surface area contributed by atoms with Gasteiger partial charge in [-0.25, -0.2) is 4.39 Å². The van der Waals surface area contributed by atoms with E-state index in [0.717, 1.165) is 5.56 Å². The van der Waals surface area contributed by atoms with E-state index < -0.39 is 4.92 Å². The Morgan fingerprint density at radius 3 is 2.48 bits per heavy atom. The van der Waals surface area contributed by atoms with Crippen LogP contribution in [0.1, 0.15) is 5.56 Å². The predicted molar refractivity (Wildman–Crippen MR) is 81.2 cm³/mol. The van der Waals surface area contributed by atoms with Gasteiger partial charge >= 0.3 is 5.69 Å². The van der Waals surface area contributed by atoms with Crippen LogP contribution in [-0.2, 0) is 6.54 Å². The third kappa shape index (κ3) is 3.28. The summed E-state index contributed by atoms with van der Waals surface area (Å²) < 4.78 is 12.9. The Balaban J connectivity index is 2.32. The van der Waals surface area contributed by atoms with Crippen LogP contribution in [0.15, 0.2) is 42.5 Å². The number of para-hydroxylation sites is 1. The van der Waals surface area contributed by atoms with Gasteiger partial charge in [-0.3, -0.25) is 10.1 Å². The normalized spacial score (nSPS) is 10.2. The number of anilines is 2. The highest BCUT2D eigenvalue weighted by Gasteiger charge is 2.21. The van der Waals surface area contributed by atoms with Crippen molar-refractivity contribution in [2.75, 3.05) is 24.3 Å². The van der Waals surface area contributed by atoms with Gasteiger partial charge in [0.05, 0.1) is 4.92 Å². The van der Waals surface area contributed by atoms with Gasteiger partial charge in [-0.1, -0.05) is 18.2 Å². The minimum absolute atomic E-state index is 0.0320. The maximum Gasteiger partial charge on any atom is 0.315 e. The second-order valence-corrected chi connectivity index (χ2v) is 4.66. The zero-order chi connectivity index (χ0) is 15.4. The van der Waals surface area contributed by atoms with E-state index in [0.29, 0.717) is 17.9 Å². The molecule has 6 heteroatoms. The first kappa shape index (κ1) is 14.8. The number of nitrogens with one attached hydrogen (secondary N) is 1. The number of halogens is 1. The van der Waals surface area contributed by atoms with Crippen LogP contribution in [0, 0.1) is 15.9 Å². The van der Waals surface area contributed by atoms with Crippen LogP contribution in [0.25, 0.3) is 0 Å². The van der Waals surface area contributed by atoms with Gasteiger partial charge in [0.15, 0.2) is 0 Å². The lowest BCUT2D eigenvalue weighted by Gasteiger charge is -2.20. The quantitative estimate of drug-likeness (QED) is 0.677. The number of hydrogen-bond donors (Lipinski definition) is 1. The molecule has 0 aliphatic rings. The Morgan fingerprint density at radius 1 is 1.24 bits per heavy atom. The maximum atomic E-state index is 12.9. The van der Waals surface area contributed by atoms with Gasteiger partial charge in [-0.15, -0.1) is 0 Å². The highest BCUT2D eigenvalue weighted by atomic mass is 19.1. The van der Waals surface area contributed by atoms with E-state index in [-0.39, 0.29) is 11.5 Å². The number of nitro benzene ring substituents is 1. The molecule has 0 spiro atoms. The molecule has 2 rings (SSSR count). The lowest BCUT2D eigenvalue weighted by atomic mass is 10.1. The first-order valence-corrected chi connectivity index (χ1v) is 6.43. The molecule has 2 aromatic rings. The van der Waals surface area contributed by atoms with Crippen LogP contribution in [0.3, 0.4) is 0 Å². The number of rotatable bonds is 5. The third-order valence-corrected chi connectivity index (χ3v) is 3.21. The lowest BCUT2D eigenvalue weighted by Crippen LogP contribution is -2.18. The van der Waals surface area contributed by atoms with Crippen molar-refractivity contribution in [1.82, 2.24) is 0 Å². The van der Waals surface area contributed by atoms with E-state index >= 15 is 0 Å². The van der Waals surface area contributed by atoms with Crippen LogP contribution >= 0.6 is 0 Å². The lowest BCUT2D eigenvalue weighted by molar-refractivity contribution is -0.383. The Bertz CT molecular complexity index is 644. The molecule has 0 saturated carbocycles. The van der Waals surface area contributed by atoms with Crippen molar-refractivity contribution >= 4 is 17.1 Å². The number of benzene rings is 2. The molecule has 0 heterocycles. The summed E-state index contributed by atoms with van der Waals surface area (Å²) in [5.41, 5.74) is 1.88. The molecule has 0 atom stereocenters. The molecule has 5 nitrogen and oxygen atoms in total. The Morgan fingerprint density at radius 2 is 1.90 bits per heavy atom. The molecule has 21 heavy (non-hydrogen) atoms. The highest BCUT2D eigenvalue weighted by molar-refractivity contribution is 5.76. The molecule has 0 bridgehead atoms. The van der Waals surface area contributed by atoms with Crippen molar-refractivity contribution in [3.63, 3.8) is 0 Å². The Labute approximate surface area is 122 Å². The van der Waals surface area contributed by atoms with Crippen molar-refractivity contribution in [2.24, 2.45) is 0 Å². The van der Waals surface area contributed by atoms with Crippen molar-refractivity contribution in [3.05, 3.63) is 64.0 Å². The smallest absolute Gasteiger partial charge is 0.315 e. The number of hydrogen-bond acceptors (Lipinski definition) is 4. The topological polar surface area (TPSA) is 58.4 Å². The van der Waals surface area contributed by atoms with Gasteiger partial charge in [-0.2, -0.15) is 0 Å². The molecular formula is C15H16FN3O2. The average Bonchev–Trinajstić information content (AvgIpc) is 2.48. The van der Waals surface area contributed by atoms with E-state index in [1.54, 1.807) is 49.3 Å². The summed E-state index contributed by atoms with van der Waals surface area (Å²) in [6, 6.07) is 11.2. The van der Waals surface area contributed by atoms with E-state index in [1.165, 1.54) is 12.1 Å². The minimum atomic E-state index is -0.400. The van der Waals surface area contributed by atoms with Crippen molar-refractivity contribution in [1.29, 1.82) is 0 Å². The summed E-state index contributed by atoms with van der Waals surface area (Å²) in [4.78, 5) is 12.7. The largest absolute Gasteiger partial charge is 0.382 e. The fraction of sp³-hybridized carbons (Fsp3) is 0.200. The fourth-order valence-corrected chi connectivity index (χ4v) is 2.18. The van der Waals surface area contributed by atoms with Crippen LogP contribution < -0.4 is 10.2 Å². The molecule has 0 radical (unpaired) electrons. The summed E-state index contributed by atoms with van der Waals surface area (Å²) in [7, 11) is 3.41. The summed E-state index contributed by atoms with van der Waals surface area (Å²) in [5, 5.41) is 14.1. The first-order chi connectivity index (χ1) is 10.0. The third-order valence-electron chi connectivity index (χ3n) is 3.21. The summed E-state index contributed by atoms with van der Waals surface area (Å²) in [6.45, 7) is 0.453. The molecule has 0 fully saturated rings. The monoisotopic (exact) mass is 289 g/mol. The van der Waals surface area contributed by atoms with Crippen LogP contribution in [0.4, 0.5) is 21.5 Å². The molecule has 1 N–H and O–H groups in total. The SMILES string of the molecule is CNc1cccc(N(C)Cc2ccc(F)cc2)c1[N+](=O)[O-]. The first-order valence-electron chi connectivity index (χ1n) is 6.43. The van der Waals surface area contributed by atoms with E-state index in [9.17, 15) is 14.5 Å². The summed E-state index contributed by atoms with van der Waals surface area (Å²) >= 11 is 0. The van der Waals surface area contributed by atoms with Gasteiger partial charge in [0.2, 0.25) is 0 Å². The van der Waals surface area contributed by atoms with Gasteiger partial charge in [-0.05, 0) is 29.8 Å². The second-order valence-electron chi connectivity index (χ2n) is 4.66. The van der Waals surface area contributed by atoms with E-state index in [2.05, 4.69) is 5.32 Å². The van der Waals surface area contributed by atoms with Crippen LogP contribution in [0.5, 0.6) is 0 Å². The van der Waals surface area contributed by atoms with Gasteiger partial charge in [0, 0.05) is 20.6 Å². The van der Waals surface area contributed by atoms with Crippen molar-refractivity contribution < 1.29 is 9.31 Å². The summed E-state index contributed by atoms with van der Waals surface area (Å²) in [5.74, 6) is -0.301. The average molecular weight is 289 g/mol. The fourth-order valence-electron chi connectivity index (χ4n) is 2.18. The maximum absolute atomic E-state index is 12.9. The molecule has 0 aliphatic heterocycles. The predicted octanol–water partition coefficient (Wildman–Crippen LogP) is 3.41. The molecule has 2 aromatic carbocycles. The minimum Gasteiger partial charge on any atom is -0.382 e. The van der Waals surface area contributed by atoms with Crippen molar-refractivity contribution in [2.45, 2.75) is 6.54 Å². The molecule has 110 valence electrons. The molecule has 0 aromatic heterocycles. The molecule has 0 saturated heterocycles. The number of nitrogens with zero attached hydrogens (tertiary/aromatic N) is 2. The highest BCUT2D eigenvalue weighted by Crippen LogP contribution is 2.35. The molecule has 0 aliphatic carbocycles. The molecule has 0 unspecified atom stereocenters. The zero-order valence-corrected chi connectivity index (χ0v) is 11.8. The van der Waals surface area contributed by atoms with Gasteiger partial charge < -0.3 is 10.2 Å². The zero-order valence-electron chi connectivity index (χ0n) is 11.8. The van der Waals surface area contributed by atoms with Crippen LogP contribution in [-0.4, -0.2) is 19.0 Å². The second kappa shape index (κ2) is 6.21. The Kier molecular flexibility index (Phi) is 4.37. The Hall–Kier alpha value is -2.63. The van der Waals surface area contributed by atoms with Crippen LogP contribution in [0.2, 0.25) is 0 Å². The van der Waals surface area contributed by atoms with E-state index in [1.807, 2.05) is 0 Å². The summed E-state index contributed by atoms with van der Waals surface area (Å²) in [6.07, 6.45) is 0. The molecule has 0 amide bonds.